The highest BCUT2D eigenvalue weighted by Gasteiger charge is 2.12. The van der Waals surface area contributed by atoms with Crippen LogP contribution >= 0.6 is 15.9 Å². The summed E-state index contributed by atoms with van der Waals surface area (Å²) in [7, 11) is 1.71. The molecule has 106 valence electrons. The molecule has 0 saturated heterocycles. The maximum absolute atomic E-state index is 12.0. The molecule has 0 saturated carbocycles. The molecule has 6 nitrogen and oxygen atoms in total. The summed E-state index contributed by atoms with van der Waals surface area (Å²) < 4.78 is 0.838. The van der Waals surface area contributed by atoms with Crippen molar-refractivity contribution in [3.8, 4) is 6.07 Å². The molecule has 0 fully saturated rings. The van der Waals surface area contributed by atoms with Crippen molar-refractivity contribution >= 4 is 33.5 Å². The molecule has 0 spiro atoms. The summed E-state index contributed by atoms with van der Waals surface area (Å²) in [6.07, 6.45) is 3.19. The maximum atomic E-state index is 12.0. The van der Waals surface area contributed by atoms with Gasteiger partial charge in [-0.3, -0.25) is 4.79 Å². The van der Waals surface area contributed by atoms with Gasteiger partial charge in [-0.1, -0.05) is 0 Å². The third-order valence-corrected chi connectivity index (χ3v) is 3.11. The van der Waals surface area contributed by atoms with E-state index >= 15 is 0 Å². The number of anilines is 2. The molecule has 2 heterocycles. The Morgan fingerprint density at radius 3 is 2.90 bits per heavy atom. The van der Waals surface area contributed by atoms with Crippen LogP contribution in [0.5, 0.6) is 0 Å². The van der Waals surface area contributed by atoms with E-state index in [2.05, 4.69) is 37.3 Å². The maximum Gasteiger partial charge on any atom is 0.245 e. The Labute approximate surface area is 130 Å². The molecule has 0 aliphatic carbocycles. The number of pyridine rings is 2. The number of hydrogen-bond donors (Lipinski definition) is 1. The first-order valence-electron chi connectivity index (χ1n) is 6.08. The van der Waals surface area contributed by atoms with E-state index in [1.165, 1.54) is 0 Å². The second kappa shape index (κ2) is 6.81. The van der Waals surface area contributed by atoms with Crippen molar-refractivity contribution in [3.63, 3.8) is 0 Å². The third-order valence-electron chi connectivity index (χ3n) is 2.64. The van der Waals surface area contributed by atoms with Gasteiger partial charge in [-0.15, -0.1) is 0 Å². The zero-order valence-electron chi connectivity index (χ0n) is 11.2. The molecule has 2 rings (SSSR count). The lowest BCUT2D eigenvalue weighted by Crippen LogP contribution is -2.31. The average molecular weight is 346 g/mol. The van der Waals surface area contributed by atoms with E-state index < -0.39 is 0 Å². The van der Waals surface area contributed by atoms with Gasteiger partial charge in [0.1, 0.15) is 17.7 Å². The van der Waals surface area contributed by atoms with E-state index in [1.54, 1.807) is 48.6 Å². The van der Waals surface area contributed by atoms with E-state index in [0.717, 1.165) is 4.47 Å². The first-order chi connectivity index (χ1) is 10.1. The molecule has 1 amide bonds. The zero-order valence-corrected chi connectivity index (χ0v) is 12.8. The smallest absolute Gasteiger partial charge is 0.245 e. The van der Waals surface area contributed by atoms with Crippen LogP contribution in [0.2, 0.25) is 0 Å². The molecule has 7 heteroatoms. The highest BCUT2D eigenvalue weighted by Crippen LogP contribution is 2.14. The summed E-state index contributed by atoms with van der Waals surface area (Å²) in [5.41, 5.74) is 0.426. The summed E-state index contributed by atoms with van der Waals surface area (Å²) in [5, 5.41) is 11.7. The van der Waals surface area contributed by atoms with E-state index in [-0.39, 0.29) is 12.5 Å². The van der Waals surface area contributed by atoms with Crippen LogP contribution in [-0.2, 0) is 4.79 Å². The van der Waals surface area contributed by atoms with Gasteiger partial charge < -0.3 is 10.2 Å². The van der Waals surface area contributed by atoms with Crippen molar-refractivity contribution in [3.05, 3.63) is 46.7 Å². The minimum absolute atomic E-state index is 0.0729. The zero-order chi connectivity index (χ0) is 15.2. The normalized spacial score (nSPS) is 9.76. The van der Waals surface area contributed by atoms with Crippen LogP contribution in [0, 0.1) is 11.3 Å². The van der Waals surface area contributed by atoms with Crippen molar-refractivity contribution < 1.29 is 4.79 Å². The van der Waals surface area contributed by atoms with Crippen LogP contribution in [0.3, 0.4) is 0 Å². The average Bonchev–Trinajstić information content (AvgIpc) is 2.49. The molecule has 0 unspecified atom stereocenters. The summed E-state index contributed by atoms with van der Waals surface area (Å²) in [6.45, 7) is 0.0729. The highest BCUT2D eigenvalue weighted by atomic mass is 79.9. The number of aromatic nitrogens is 2. The summed E-state index contributed by atoms with van der Waals surface area (Å²) in [5.74, 6) is 0.707. The molecule has 0 atom stereocenters. The molecule has 0 bridgehead atoms. The van der Waals surface area contributed by atoms with Crippen molar-refractivity contribution in [2.24, 2.45) is 0 Å². The van der Waals surface area contributed by atoms with Gasteiger partial charge in [0.25, 0.3) is 0 Å². The molecule has 0 aliphatic rings. The Bertz CT molecular complexity index is 681. The van der Waals surface area contributed by atoms with Gasteiger partial charge in [0, 0.05) is 23.9 Å². The number of halogens is 1. The number of nitrogens with zero attached hydrogens (tertiary/aromatic N) is 4. The Kier molecular flexibility index (Phi) is 4.85. The first kappa shape index (κ1) is 14.9. The lowest BCUT2D eigenvalue weighted by Gasteiger charge is -2.18. The number of nitriles is 1. The van der Waals surface area contributed by atoms with E-state index in [4.69, 9.17) is 5.26 Å². The van der Waals surface area contributed by atoms with Crippen LogP contribution in [0.25, 0.3) is 0 Å². The number of carbonyl (C=O) groups is 1. The van der Waals surface area contributed by atoms with Crippen molar-refractivity contribution in [2.45, 2.75) is 0 Å². The summed E-state index contributed by atoms with van der Waals surface area (Å²) in [4.78, 5) is 21.8. The van der Waals surface area contributed by atoms with Gasteiger partial charge in [-0.25, -0.2) is 9.97 Å². The van der Waals surface area contributed by atoms with E-state index in [0.29, 0.717) is 17.2 Å². The number of amides is 1. The number of carbonyl (C=O) groups excluding carboxylic acids is 1. The lowest BCUT2D eigenvalue weighted by molar-refractivity contribution is -0.114. The molecule has 0 radical (unpaired) electrons. The second-order valence-electron chi connectivity index (χ2n) is 4.25. The van der Waals surface area contributed by atoms with Crippen LogP contribution in [0.1, 0.15) is 5.56 Å². The van der Waals surface area contributed by atoms with Gasteiger partial charge in [0.05, 0.1) is 12.1 Å². The van der Waals surface area contributed by atoms with Gasteiger partial charge in [0.15, 0.2) is 0 Å². The molecular weight excluding hydrogens is 334 g/mol. The predicted molar refractivity (Wildman–Crippen MR) is 82.8 cm³/mol. The largest absolute Gasteiger partial charge is 0.349 e. The van der Waals surface area contributed by atoms with Gasteiger partial charge in [-0.2, -0.15) is 5.26 Å². The minimum atomic E-state index is -0.234. The van der Waals surface area contributed by atoms with Crippen molar-refractivity contribution in [1.29, 1.82) is 5.26 Å². The second-order valence-corrected chi connectivity index (χ2v) is 5.17. The third kappa shape index (κ3) is 4.00. The van der Waals surface area contributed by atoms with Gasteiger partial charge >= 0.3 is 0 Å². The van der Waals surface area contributed by atoms with Crippen LogP contribution in [0.4, 0.5) is 11.6 Å². The lowest BCUT2D eigenvalue weighted by atomic mass is 10.2. The SMILES string of the molecule is CN(CC(=O)Nc1ccc(Br)cn1)c1ncccc1C#N. The first-order valence-corrected chi connectivity index (χ1v) is 6.87. The number of rotatable bonds is 4. The number of likely N-dealkylation sites (N-methyl/N-ethyl adjacent to an activating group) is 1. The van der Waals surface area contributed by atoms with Crippen LogP contribution < -0.4 is 10.2 Å². The number of nitrogens with one attached hydrogen (secondary N) is 1. The van der Waals surface area contributed by atoms with E-state index in [9.17, 15) is 4.79 Å². The monoisotopic (exact) mass is 345 g/mol. The molecule has 0 aliphatic heterocycles. The Hall–Kier alpha value is -2.46. The molecule has 2 aromatic heterocycles. The molecular formula is C14H12BrN5O. The highest BCUT2D eigenvalue weighted by molar-refractivity contribution is 9.10. The quantitative estimate of drug-likeness (QED) is 0.918. The van der Waals surface area contributed by atoms with E-state index in [1.807, 2.05) is 0 Å². The van der Waals surface area contributed by atoms with Crippen LogP contribution in [0.15, 0.2) is 41.1 Å². The van der Waals surface area contributed by atoms with Crippen molar-refractivity contribution in [1.82, 2.24) is 9.97 Å². The molecule has 21 heavy (non-hydrogen) atoms. The topological polar surface area (TPSA) is 81.9 Å². The Balaban J connectivity index is 2.02. The molecule has 2 aromatic rings. The summed E-state index contributed by atoms with van der Waals surface area (Å²) >= 11 is 3.28. The number of hydrogen-bond acceptors (Lipinski definition) is 5. The van der Waals surface area contributed by atoms with Gasteiger partial charge in [0.2, 0.25) is 5.91 Å². The van der Waals surface area contributed by atoms with Crippen molar-refractivity contribution in [2.75, 3.05) is 23.8 Å². The predicted octanol–water partition coefficient (Wildman–Crippen LogP) is 2.19. The molecule has 0 aromatic carbocycles. The summed E-state index contributed by atoms with van der Waals surface area (Å²) in [6, 6.07) is 8.88. The minimum Gasteiger partial charge on any atom is -0.349 e. The van der Waals surface area contributed by atoms with Gasteiger partial charge in [-0.05, 0) is 40.2 Å². The Morgan fingerprint density at radius 1 is 1.43 bits per heavy atom. The standard InChI is InChI=1S/C14H12BrN5O/c1-20(14-10(7-16)3-2-6-17-14)9-13(21)19-12-5-4-11(15)8-18-12/h2-6,8H,9H2,1H3,(H,18,19,21). The molecule has 1 N–H and O–H groups in total. The fourth-order valence-electron chi connectivity index (χ4n) is 1.71. The van der Waals surface area contributed by atoms with Crippen LogP contribution in [-0.4, -0.2) is 29.5 Å². The fourth-order valence-corrected chi connectivity index (χ4v) is 1.95. The Morgan fingerprint density at radius 2 is 2.24 bits per heavy atom. The fraction of sp³-hybridized carbons (Fsp3) is 0.143.